The highest BCUT2D eigenvalue weighted by Gasteiger charge is 2.28. The van der Waals surface area contributed by atoms with Crippen molar-refractivity contribution in [1.82, 2.24) is 10.2 Å². The Morgan fingerprint density at radius 1 is 1.50 bits per heavy atom. The van der Waals surface area contributed by atoms with Crippen LogP contribution in [-0.4, -0.2) is 28.2 Å². The molecule has 7 heteroatoms. The number of nitrogens with one attached hydrogen (secondary N) is 1. The van der Waals surface area contributed by atoms with E-state index in [1.165, 1.54) is 0 Å². The van der Waals surface area contributed by atoms with Gasteiger partial charge in [0.1, 0.15) is 0 Å². The zero-order valence-electron chi connectivity index (χ0n) is 7.36. The predicted molar refractivity (Wildman–Crippen MR) is 54.4 cm³/mol. The molecule has 0 spiro atoms. The Labute approximate surface area is 88.6 Å². The van der Waals surface area contributed by atoms with Crippen LogP contribution in [0.5, 0.6) is 0 Å². The third-order valence-corrected chi connectivity index (χ3v) is 2.82. The molecule has 0 radical (unpaired) electrons. The van der Waals surface area contributed by atoms with E-state index in [1.807, 2.05) is 4.90 Å². The van der Waals surface area contributed by atoms with Crippen molar-refractivity contribution in [2.75, 3.05) is 18.0 Å². The molecule has 1 fully saturated rings. The Hall–Kier alpha value is -1.11. The normalized spacial score (nSPS) is 16.2. The fourth-order valence-corrected chi connectivity index (χ4v) is 2.03. The van der Waals surface area contributed by atoms with Gasteiger partial charge in [-0.3, -0.25) is 15.2 Å². The van der Waals surface area contributed by atoms with Crippen molar-refractivity contribution in [1.29, 1.82) is 0 Å². The lowest BCUT2D eigenvalue weighted by Gasteiger charge is -2.12. The maximum atomic E-state index is 10.7. The predicted octanol–water partition coefficient (Wildman–Crippen LogP) is 1.68. The third-order valence-electron chi connectivity index (χ3n) is 2.27. The molecule has 1 aliphatic rings. The van der Waals surface area contributed by atoms with Gasteiger partial charge in [0.15, 0.2) is 4.60 Å². The van der Waals surface area contributed by atoms with Gasteiger partial charge in [0.05, 0.1) is 4.92 Å². The Morgan fingerprint density at radius 3 is 2.71 bits per heavy atom. The summed E-state index contributed by atoms with van der Waals surface area (Å²) in [7, 11) is 0. The summed E-state index contributed by atoms with van der Waals surface area (Å²) < 4.78 is 0.337. The summed E-state index contributed by atoms with van der Waals surface area (Å²) in [5, 5.41) is 17.3. The number of rotatable bonds is 2. The van der Waals surface area contributed by atoms with Crippen LogP contribution in [0.25, 0.3) is 0 Å². The van der Waals surface area contributed by atoms with Crippen molar-refractivity contribution < 1.29 is 4.92 Å². The summed E-state index contributed by atoms with van der Waals surface area (Å²) in [4.78, 5) is 12.3. The van der Waals surface area contributed by atoms with Crippen LogP contribution in [0, 0.1) is 10.1 Å². The van der Waals surface area contributed by atoms with Gasteiger partial charge in [-0.05, 0) is 28.8 Å². The first-order valence-corrected chi connectivity index (χ1v) is 5.12. The van der Waals surface area contributed by atoms with E-state index in [9.17, 15) is 10.1 Å². The van der Waals surface area contributed by atoms with Gasteiger partial charge in [0, 0.05) is 13.1 Å². The minimum atomic E-state index is -0.415. The van der Waals surface area contributed by atoms with E-state index in [0.29, 0.717) is 10.4 Å². The Bertz CT molecular complexity index is 359. The number of nitro groups is 1. The van der Waals surface area contributed by atoms with Crippen LogP contribution in [0.3, 0.4) is 0 Å². The molecule has 1 saturated heterocycles. The Kier molecular flexibility index (Phi) is 2.40. The summed E-state index contributed by atoms with van der Waals surface area (Å²) in [6, 6.07) is 0. The van der Waals surface area contributed by atoms with Crippen LogP contribution in [0.15, 0.2) is 4.60 Å². The minimum Gasteiger partial charge on any atom is -0.349 e. The lowest BCUT2D eigenvalue weighted by molar-refractivity contribution is -0.384. The first kappa shape index (κ1) is 9.45. The lowest BCUT2D eigenvalue weighted by atomic mass is 10.4. The van der Waals surface area contributed by atoms with Crippen molar-refractivity contribution in [2.45, 2.75) is 12.8 Å². The number of halogens is 1. The summed E-state index contributed by atoms with van der Waals surface area (Å²) in [5.74, 6) is 0.444. The summed E-state index contributed by atoms with van der Waals surface area (Å²) in [5.41, 5.74) is 0.0342. The van der Waals surface area contributed by atoms with E-state index < -0.39 is 4.92 Å². The summed E-state index contributed by atoms with van der Waals surface area (Å²) in [6.07, 6.45) is 2.14. The van der Waals surface area contributed by atoms with Crippen LogP contribution >= 0.6 is 15.9 Å². The Balaban J connectivity index is 2.37. The SMILES string of the molecule is O=[N+]([O-])c1c(N2CCCC2)n[nH]c1Br. The van der Waals surface area contributed by atoms with Gasteiger partial charge in [-0.1, -0.05) is 0 Å². The van der Waals surface area contributed by atoms with E-state index in [0.717, 1.165) is 25.9 Å². The van der Waals surface area contributed by atoms with Crippen molar-refractivity contribution in [3.63, 3.8) is 0 Å². The molecule has 6 nitrogen and oxygen atoms in total. The number of anilines is 1. The standard InChI is InChI=1S/C7H9BrN4O2/c8-6-5(12(13)14)7(10-9-6)11-3-1-2-4-11/h1-4H2,(H,9,10). The first-order valence-electron chi connectivity index (χ1n) is 4.33. The van der Waals surface area contributed by atoms with E-state index in [4.69, 9.17) is 0 Å². The molecular weight excluding hydrogens is 252 g/mol. The number of aromatic nitrogens is 2. The second-order valence-corrected chi connectivity index (χ2v) is 3.95. The van der Waals surface area contributed by atoms with Crippen LogP contribution in [0.2, 0.25) is 0 Å². The monoisotopic (exact) mass is 260 g/mol. The second kappa shape index (κ2) is 3.56. The first-order chi connectivity index (χ1) is 6.70. The van der Waals surface area contributed by atoms with E-state index in [1.54, 1.807) is 0 Å². The smallest absolute Gasteiger partial charge is 0.345 e. The van der Waals surface area contributed by atoms with E-state index in [2.05, 4.69) is 26.1 Å². The van der Waals surface area contributed by atoms with Gasteiger partial charge in [0.2, 0.25) is 5.82 Å². The molecule has 0 amide bonds. The molecule has 76 valence electrons. The maximum Gasteiger partial charge on any atom is 0.345 e. The molecule has 0 atom stereocenters. The topological polar surface area (TPSA) is 75.1 Å². The molecule has 1 aliphatic heterocycles. The van der Waals surface area contributed by atoms with Crippen molar-refractivity contribution in [2.24, 2.45) is 0 Å². The van der Waals surface area contributed by atoms with Crippen molar-refractivity contribution in [3.8, 4) is 0 Å². The average Bonchev–Trinajstić information content (AvgIpc) is 2.70. The molecule has 0 unspecified atom stereocenters. The van der Waals surface area contributed by atoms with Gasteiger partial charge in [-0.15, -0.1) is 5.10 Å². The molecule has 2 heterocycles. The van der Waals surface area contributed by atoms with Gasteiger partial charge in [0.25, 0.3) is 0 Å². The maximum absolute atomic E-state index is 10.7. The van der Waals surface area contributed by atoms with Crippen LogP contribution in [-0.2, 0) is 0 Å². The quantitative estimate of drug-likeness (QED) is 0.649. The van der Waals surface area contributed by atoms with Gasteiger partial charge in [-0.25, -0.2) is 0 Å². The molecule has 0 saturated carbocycles. The zero-order valence-corrected chi connectivity index (χ0v) is 8.95. The van der Waals surface area contributed by atoms with Crippen LogP contribution < -0.4 is 4.90 Å². The zero-order chi connectivity index (χ0) is 10.1. The van der Waals surface area contributed by atoms with Crippen molar-refractivity contribution >= 4 is 27.4 Å². The van der Waals surface area contributed by atoms with Crippen LogP contribution in [0.1, 0.15) is 12.8 Å². The molecule has 0 aliphatic carbocycles. The number of hydrogen-bond donors (Lipinski definition) is 1. The number of nitrogens with zero attached hydrogens (tertiary/aromatic N) is 3. The number of H-pyrrole nitrogens is 1. The number of hydrogen-bond acceptors (Lipinski definition) is 4. The van der Waals surface area contributed by atoms with Crippen LogP contribution in [0.4, 0.5) is 11.5 Å². The van der Waals surface area contributed by atoms with Gasteiger partial charge in [-0.2, -0.15) is 0 Å². The molecule has 1 N–H and O–H groups in total. The van der Waals surface area contributed by atoms with E-state index >= 15 is 0 Å². The fraction of sp³-hybridized carbons (Fsp3) is 0.571. The highest BCUT2D eigenvalue weighted by molar-refractivity contribution is 9.10. The molecule has 0 bridgehead atoms. The lowest BCUT2D eigenvalue weighted by Crippen LogP contribution is -2.19. The molecule has 1 aromatic heterocycles. The van der Waals surface area contributed by atoms with Crippen molar-refractivity contribution in [3.05, 3.63) is 14.7 Å². The highest BCUT2D eigenvalue weighted by atomic mass is 79.9. The average molecular weight is 261 g/mol. The van der Waals surface area contributed by atoms with Gasteiger partial charge < -0.3 is 4.90 Å². The second-order valence-electron chi connectivity index (χ2n) is 3.16. The van der Waals surface area contributed by atoms with Gasteiger partial charge >= 0.3 is 5.69 Å². The number of aromatic amines is 1. The summed E-state index contributed by atoms with van der Waals surface area (Å²) >= 11 is 3.08. The molecular formula is C7H9BrN4O2. The largest absolute Gasteiger partial charge is 0.349 e. The molecule has 14 heavy (non-hydrogen) atoms. The Morgan fingerprint density at radius 2 is 2.14 bits per heavy atom. The minimum absolute atomic E-state index is 0.0342. The third kappa shape index (κ3) is 1.47. The highest BCUT2D eigenvalue weighted by Crippen LogP contribution is 2.34. The van der Waals surface area contributed by atoms with E-state index in [-0.39, 0.29) is 5.69 Å². The fourth-order valence-electron chi connectivity index (χ4n) is 1.62. The molecule has 0 aromatic carbocycles. The molecule has 2 rings (SSSR count). The molecule has 1 aromatic rings. The summed E-state index contributed by atoms with van der Waals surface area (Å²) in [6.45, 7) is 1.69.